The molecule has 7 nitrogen and oxygen atoms in total. The third kappa shape index (κ3) is 2.69. The third-order valence-electron chi connectivity index (χ3n) is 2.71. The van der Waals surface area contributed by atoms with Gasteiger partial charge in [0.05, 0.1) is 30.2 Å². The summed E-state index contributed by atoms with van der Waals surface area (Å²) in [5.74, 6) is -0.332. The Hall–Kier alpha value is -1.86. The first kappa shape index (κ1) is 14.2. The van der Waals surface area contributed by atoms with Crippen molar-refractivity contribution in [1.82, 2.24) is 0 Å². The molecule has 0 saturated carbocycles. The molecule has 1 aromatic carbocycles. The summed E-state index contributed by atoms with van der Waals surface area (Å²) in [6, 6.07) is 1.33. The number of phenols is 1. The molecule has 0 aliphatic carbocycles. The van der Waals surface area contributed by atoms with Crippen molar-refractivity contribution in [3.05, 3.63) is 27.8 Å². The van der Waals surface area contributed by atoms with Gasteiger partial charge >= 0.3 is 0 Å². The molecule has 100 valence electrons. The Kier molecular flexibility index (Phi) is 4.46. The molecule has 18 heavy (non-hydrogen) atoms. The summed E-state index contributed by atoms with van der Waals surface area (Å²) < 4.78 is 4.85. The second kappa shape index (κ2) is 5.65. The molecule has 0 bridgehead atoms. The van der Waals surface area contributed by atoms with Gasteiger partial charge in [-0.2, -0.15) is 0 Å². The minimum atomic E-state index is -0.913. The van der Waals surface area contributed by atoms with E-state index < -0.39 is 17.1 Å². The van der Waals surface area contributed by atoms with Gasteiger partial charge in [-0.25, -0.2) is 0 Å². The zero-order chi connectivity index (χ0) is 13.9. The van der Waals surface area contributed by atoms with Crippen molar-refractivity contribution in [2.45, 2.75) is 25.5 Å². The number of phenolic OH excluding ortho intramolecular Hbond substituents is 1. The first-order valence-electron chi connectivity index (χ1n) is 5.41. The highest BCUT2D eigenvalue weighted by Crippen LogP contribution is 2.38. The fourth-order valence-corrected chi connectivity index (χ4v) is 1.59. The Bertz CT molecular complexity index is 449. The Morgan fingerprint density at radius 3 is 2.61 bits per heavy atom. The van der Waals surface area contributed by atoms with Gasteiger partial charge < -0.3 is 20.7 Å². The van der Waals surface area contributed by atoms with Gasteiger partial charge in [-0.15, -0.1) is 0 Å². The molecule has 4 N–H and O–H groups in total. The lowest BCUT2D eigenvalue weighted by atomic mass is 9.98. The fraction of sp³-hybridized carbons (Fsp3) is 0.455. The quantitative estimate of drug-likeness (QED) is 0.535. The molecular weight excluding hydrogens is 240 g/mol. The largest absolute Gasteiger partial charge is 0.504 e. The zero-order valence-corrected chi connectivity index (χ0v) is 10.2. The molecular formula is C11H16N2O5. The molecule has 0 radical (unpaired) electrons. The second-order valence-corrected chi connectivity index (χ2v) is 3.84. The summed E-state index contributed by atoms with van der Waals surface area (Å²) >= 11 is 0. The van der Waals surface area contributed by atoms with Gasteiger partial charge in [0.15, 0.2) is 11.5 Å². The summed E-state index contributed by atoms with van der Waals surface area (Å²) in [4.78, 5) is 10.1. The van der Waals surface area contributed by atoms with Crippen molar-refractivity contribution in [3.63, 3.8) is 0 Å². The SMILES string of the molecule is CC[C@H](O)[C@H](N)c1cc([N+](=O)[O-])cc(OC)c1O. The average Bonchev–Trinajstić information content (AvgIpc) is 2.36. The number of rotatable bonds is 5. The maximum Gasteiger partial charge on any atom is 0.273 e. The molecule has 0 unspecified atom stereocenters. The van der Waals surface area contributed by atoms with E-state index in [2.05, 4.69) is 0 Å². The first-order valence-corrected chi connectivity index (χ1v) is 5.41. The monoisotopic (exact) mass is 256 g/mol. The third-order valence-corrected chi connectivity index (χ3v) is 2.71. The normalized spacial score (nSPS) is 14.0. The van der Waals surface area contributed by atoms with Crippen LogP contribution in [0, 0.1) is 10.1 Å². The van der Waals surface area contributed by atoms with Gasteiger partial charge in [0.1, 0.15) is 0 Å². The van der Waals surface area contributed by atoms with Crippen LogP contribution in [0.3, 0.4) is 0 Å². The van der Waals surface area contributed by atoms with Crippen LogP contribution in [0.15, 0.2) is 12.1 Å². The van der Waals surface area contributed by atoms with Crippen molar-refractivity contribution < 1.29 is 19.9 Å². The van der Waals surface area contributed by atoms with Gasteiger partial charge in [-0.1, -0.05) is 6.92 Å². The topological polar surface area (TPSA) is 119 Å². The minimum absolute atomic E-state index is 0.0436. The highest BCUT2D eigenvalue weighted by Gasteiger charge is 2.24. The van der Waals surface area contributed by atoms with E-state index in [0.717, 1.165) is 12.1 Å². The van der Waals surface area contributed by atoms with Gasteiger partial charge in [0.25, 0.3) is 5.69 Å². The minimum Gasteiger partial charge on any atom is -0.504 e. The van der Waals surface area contributed by atoms with Crippen LogP contribution in [0.25, 0.3) is 0 Å². The van der Waals surface area contributed by atoms with Crippen LogP contribution >= 0.6 is 0 Å². The van der Waals surface area contributed by atoms with Gasteiger partial charge in [0.2, 0.25) is 0 Å². The number of non-ortho nitro benzene ring substituents is 1. The van der Waals surface area contributed by atoms with E-state index in [9.17, 15) is 20.3 Å². The number of aliphatic hydroxyl groups excluding tert-OH is 1. The van der Waals surface area contributed by atoms with E-state index >= 15 is 0 Å². The molecule has 0 spiro atoms. The zero-order valence-electron chi connectivity index (χ0n) is 10.2. The molecule has 7 heteroatoms. The molecule has 1 rings (SSSR count). The predicted molar refractivity (Wildman–Crippen MR) is 64.5 cm³/mol. The van der Waals surface area contributed by atoms with Crippen molar-refractivity contribution in [3.8, 4) is 11.5 Å². The molecule has 2 atom stereocenters. The maximum atomic E-state index is 10.8. The number of methoxy groups -OCH3 is 1. The van der Waals surface area contributed by atoms with Crippen molar-refractivity contribution >= 4 is 5.69 Å². The van der Waals surface area contributed by atoms with Crippen LogP contribution in [0.2, 0.25) is 0 Å². The number of benzene rings is 1. The van der Waals surface area contributed by atoms with Crippen LogP contribution in [-0.4, -0.2) is 28.4 Å². The van der Waals surface area contributed by atoms with Crippen molar-refractivity contribution in [2.24, 2.45) is 5.73 Å². The first-order chi connectivity index (χ1) is 8.42. The van der Waals surface area contributed by atoms with E-state index in [1.807, 2.05) is 0 Å². The number of hydrogen-bond acceptors (Lipinski definition) is 6. The van der Waals surface area contributed by atoms with Crippen LogP contribution in [0.4, 0.5) is 5.69 Å². The number of aromatic hydroxyl groups is 1. The summed E-state index contributed by atoms with van der Waals surface area (Å²) in [7, 11) is 1.28. The Morgan fingerprint density at radius 1 is 1.56 bits per heavy atom. The van der Waals surface area contributed by atoms with E-state index in [-0.39, 0.29) is 22.7 Å². The molecule has 0 amide bonds. The number of ether oxygens (including phenoxy) is 1. The molecule has 0 heterocycles. The van der Waals surface area contributed by atoms with E-state index in [4.69, 9.17) is 10.5 Å². The molecule has 0 fully saturated rings. The van der Waals surface area contributed by atoms with Crippen molar-refractivity contribution in [2.75, 3.05) is 7.11 Å². The maximum absolute atomic E-state index is 10.8. The second-order valence-electron chi connectivity index (χ2n) is 3.84. The lowest BCUT2D eigenvalue weighted by Gasteiger charge is -2.19. The smallest absolute Gasteiger partial charge is 0.273 e. The van der Waals surface area contributed by atoms with Gasteiger partial charge in [-0.3, -0.25) is 10.1 Å². The summed E-state index contributed by atoms with van der Waals surface area (Å²) in [5, 5.41) is 30.3. The van der Waals surface area contributed by atoms with Gasteiger partial charge in [0, 0.05) is 11.6 Å². The number of nitrogens with two attached hydrogens (primary N) is 1. The molecule has 1 aromatic rings. The Balaban J connectivity index is 3.33. The Morgan fingerprint density at radius 2 is 2.17 bits per heavy atom. The summed E-state index contributed by atoms with van der Waals surface area (Å²) in [6.07, 6.45) is -0.534. The van der Waals surface area contributed by atoms with E-state index in [1.54, 1.807) is 6.92 Å². The standard InChI is InChI=1S/C11H16N2O5/c1-3-8(14)10(12)7-4-6(13(16)17)5-9(18-2)11(7)15/h4-5,8,10,14-15H,3,12H2,1-2H3/t8-,10+/m0/s1. The van der Waals surface area contributed by atoms with Crippen LogP contribution in [0.1, 0.15) is 24.9 Å². The molecule has 0 aliphatic heterocycles. The number of aliphatic hydroxyl groups is 1. The summed E-state index contributed by atoms with van der Waals surface area (Å²) in [6.45, 7) is 1.72. The highest BCUT2D eigenvalue weighted by molar-refractivity contribution is 5.54. The van der Waals surface area contributed by atoms with Crippen LogP contribution in [0.5, 0.6) is 11.5 Å². The van der Waals surface area contributed by atoms with Crippen molar-refractivity contribution in [1.29, 1.82) is 0 Å². The van der Waals surface area contributed by atoms with Crippen LogP contribution < -0.4 is 10.5 Å². The number of nitrogens with zero attached hydrogens (tertiary/aromatic N) is 1. The van der Waals surface area contributed by atoms with E-state index in [0.29, 0.717) is 6.42 Å². The number of nitro groups is 1. The number of nitro benzene ring substituents is 1. The Labute approximate surface area is 104 Å². The average molecular weight is 256 g/mol. The lowest BCUT2D eigenvalue weighted by molar-refractivity contribution is -0.385. The fourth-order valence-electron chi connectivity index (χ4n) is 1.59. The van der Waals surface area contributed by atoms with E-state index in [1.165, 1.54) is 7.11 Å². The summed E-state index contributed by atoms with van der Waals surface area (Å²) in [5.41, 5.74) is 5.60. The molecule has 0 aromatic heterocycles. The lowest BCUT2D eigenvalue weighted by Crippen LogP contribution is -2.25. The predicted octanol–water partition coefficient (Wildman–Crippen LogP) is 1.08. The highest BCUT2D eigenvalue weighted by atomic mass is 16.6. The van der Waals surface area contributed by atoms with Gasteiger partial charge in [-0.05, 0) is 6.42 Å². The number of hydrogen-bond donors (Lipinski definition) is 3. The molecule has 0 aliphatic rings. The van der Waals surface area contributed by atoms with Crippen LogP contribution in [-0.2, 0) is 0 Å². The molecule has 0 saturated heterocycles.